The van der Waals surface area contributed by atoms with Crippen LogP contribution in [0.4, 0.5) is 19.0 Å². The molecular weight excluding hydrogens is 269 g/mol. The van der Waals surface area contributed by atoms with Crippen LogP contribution in [0.25, 0.3) is 0 Å². The number of halogens is 4. The van der Waals surface area contributed by atoms with Crippen LogP contribution in [0.3, 0.4) is 0 Å². The van der Waals surface area contributed by atoms with Crippen LogP contribution in [0, 0.1) is 0 Å². The molecule has 0 aliphatic carbocycles. The van der Waals surface area contributed by atoms with Crippen molar-refractivity contribution in [1.29, 1.82) is 0 Å². The quantitative estimate of drug-likeness (QED) is 0.921. The van der Waals surface area contributed by atoms with Gasteiger partial charge in [-0.2, -0.15) is 13.2 Å². The topological polar surface area (TPSA) is 41.0 Å². The fraction of sp³-hybridized carbons (Fsp3) is 0.600. The van der Waals surface area contributed by atoms with Gasteiger partial charge in [-0.05, 0) is 6.42 Å². The van der Waals surface area contributed by atoms with Gasteiger partial charge < -0.3 is 5.32 Å². The summed E-state index contributed by atoms with van der Waals surface area (Å²) in [5.41, 5.74) is 0. The standard InChI is InChI=1S/C10H12ClF3N4/c11-8-3-15-6-16-9(8)17-7-1-2-18(4-7)5-10(12,13)14/h3,6-7H,1-2,4-5H2,(H,15,16,17). The SMILES string of the molecule is FC(F)(F)CN1CCC(Nc2ncncc2Cl)C1. The van der Waals surface area contributed by atoms with Gasteiger partial charge in [-0.3, -0.25) is 4.90 Å². The second kappa shape index (κ2) is 5.27. The Balaban J connectivity index is 1.88. The number of nitrogens with one attached hydrogen (secondary N) is 1. The number of likely N-dealkylation sites (tertiary alicyclic amines) is 1. The molecule has 0 spiro atoms. The van der Waals surface area contributed by atoms with E-state index in [1.807, 2.05) is 0 Å². The number of hydrogen-bond acceptors (Lipinski definition) is 4. The molecule has 100 valence electrons. The van der Waals surface area contributed by atoms with Gasteiger partial charge in [0.05, 0.1) is 12.7 Å². The van der Waals surface area contributed by atoms with Crippen LogP contribution >= 0.6 is 11.6 Å². The maximum absolute atomic E-state index is 12.2. The average molecular weight is 281 g/mol. The number of hydrogen-bond donors (Lipinski definition) is 1. The van der Waals surface area contributed by atoms with Gasteiger partial charge in [0.2, 0.25) is 0 Å². The Kier molecular flexibility index (Phi) is 3.91. The van der Waals surface area contributed by atoms with Crippen LogP contribution in [0.5, 0.6) is 0 Å². The van der Waals surface area contributed by atoms with E-state index in [9.17, 15) is 13.2 Å². The molecule has 1 unspecified atom stereocenters. The summed E-state index contributed by atoms with van der Waals surface area (Å²) in [6.45, 7) is -0.123. The molecule has 1 saturated heterocycles. The third-order valence-corrected chi connectivity index (χ3v) is 2.96. The Morgan fingerprint density at radius 1 is 1.50 bits per heavy atom. The minimum atomic E-state index is -4.15. The van der Waals surface area contributed by atoms with E-state index in [-0.39, 0.29) is 6.04 Å². The minimum absolute atomic E-state index is 0.0697. The maximum atomic E-state index is 12.2. The number of aromatic nitrogens is 2. The highest BCUT2D eigenvalue weighted by Gasteiger charge is 2.34. The number of alkyl halides is 3. The molecule has 8 heteroatoms. The Morgan fingerprint density at radius 3 is 2.94 bits per heavy atom. The molecule has 0 saturated carbocycles. The Bertz CT molecular complexity index is 412. The zero-order valence-corrected chi connectivity index (χ0v) is 10.2. The molecular formula is C10H12ClF3N4. The molecule has 1 aliphatic heterocycles. The van der Waals surface area contributed by atoms with E-state index in [1.54, 1.807) is 0 Å². The average Bonchev–Trinajstić information content (AvgIpc) is 2.66. The zero-order valence-electron chi connectivity index (χ0n) is 9.41. The first-order valence-electron chi connectivity index (χ1n) is 5.45. The predicted octanol–water partition coefficient (Wildman–Crippen LogP) is 2.18. The second-order valence-electron chi connectivity index (χ2n) is 4.20. The van der Waals surface area contributed by atoms with Crippen molar-refractivity contribution in [3.05, 3.63) is 17.5 Å². The first-order valence-corrected chi connectivity index (χ1v) is 5.83. The van der Waals surface area contributed by atoms with Crippen LogP contribution in [-0.4, -0.2) is 46.7 Å². The molecule has 1 atom stereocenters. The molecule has 1 aromatic rings. The lowest BCUT2D eigenvalue weighted by atomic mass is 10.2. The summed E-state index contributed by atoms with van der Waals surface area (Å²) in [5, 5.41) is 3.40. The molecule has 2 heterocycles. The lowest BCUT2D eigenvalue weighted by molar-refractivity contribution is -0.143. The lowest BCUT2D eigenvalue weighted by Crippen LogP contribution is -2.34. The lowest BCUT2D eigenvalue weighted by Gasteiger charge is -2.18. The van der Waals surface area contributed by atoms with Crippen molar-refractivity contribution in [3.63, 3.8) is 0 Å². The largest absolute Gasteiger partial charge is 0.401 e. The van der Waals surface area contributed by atoms with Crippen LogP contribution in [0.1, 0.15) is 6.42 Å². The van der Waals surface area contributed by atoms with E-state index >= 15 is 0 Å². The molecule has 0 bridgehead atoms. The van der Waals surface area contributed by atoms with Crippen molar-refractivity contribution in [2.75, 3.05) is 25.0 Å². The van der Waals surface area contributed by atoms with E-state index in [4.69, 9.17) is 11.6 Å². The van der Waals surface area contributed by atoms with Crippen molar-refractivity contribution < 1.29 is 13.2 Å². The highest BCUT2D eigenvalue weighted by Crippen LogP contribution is 2.23. The fourth-order valence-electron chi connectivity index (χ4n) is 1.96. The number of rotatable bonds is 3. The normalized spacial score (nSPS) is 21.2. The van der Waals surface area contributed by atoms with Gasteiger partial charge in [0.1, 0.15) is 17.2 Å². The summed E-state index contributed by atoms with van der Waals surface area (Å²) < 4.78 is 36.7. The monoisotopic (exact) mass is 280 g/mol. The highest BCUT2D eigenvalue weighted by molar-refractivity contribution is 6.32. The number of nitrogens with zero attached hydrogens (tertiary/aromatic N) is 3. The molecule has 0 aromatic carbocycles. The molecule has 1 N–H and O–H groups in total. The smallest absolute Gasteiger partial charge is 0.365 e. The summed E-state index contributed by atoms with van der Waals surface area (Å²) >= 11 is 5.86. The highest BCUT2D eigenvalue weighted by atomic mass is 35.5. The van der Waals surface area contributed by atoms with Crippen molar-refractivity contribution in [2.24, 2.45) is 0 Å². The van der Waals surface area contributed by atoms with Crippen LogP contribution in [0.15, 0.2) is 12.5 Å². The van der Waals surface area contributed by atoms with Gasteiger partial charge in [-0.1, -0.05) is 11.6 Å². The minimum Gasteiger partial charge on any atom is -0.365 e. The summed E-state index contributed by atoms with van der Waals surface area (Å²) in [7, 11) is 0. The van der Waals surface area contributed by atoms with Crippen LogP contribution in [0.2, 0.25) is 5.02 Å². The fourth-order valence-corrected chi connectivity index (χ4v) is 2.12. The van der Waals surface area contributed by atoms with E-state index in [0.717, 1.165) is 0 Å². The summed E-state index contributed by atoms with van der Waals surface area (Å²) in [5.74, 6) is 0.463. The number of anilines is 1. The van der Waals surface area contributed by atoms with Gasteiger partial charge in [0.15, 0.2) is 0 Å². The van der Waals surface area contributed by atoms with Crippen molar-refractivity contribution in [2.45, 2.75) is 18.6 Å². The van der Waals surface area contributed by atoms with E-state index in [0.29, 0.717) is 30.4 Å². The van der Waals surface area contributed by atoms with Gasteiger partial charge in [0.25, 0.3) is 0 Å². The molecule has 0 amide bonds. The first kappa shape index (κ1) is 13.4. The predicted molar refractivity (Wildman–Crippen MR) is 61.6 cm³/mol. The molecule has 1 aromatic heterocycles. The maximum Gasteiger partial charge on any atom is 0.401 e. The van der Waals surface area contributed by atoms with Crippen molar-refractivity contribution >= 4 is 17.4 Å². The van der Waals surface area contributed by atoms with Gasteiger partial charge >= 0.3 is 6.18 Å². The van der Waals surface area contributed by atoms with Crippen LogP contribution in [-0.2, 0) is 0 Å². The Hall–Kier alpha value is -1.08. The van der Waals surface area contributed by atoms with Gasteiger partial charge in [-0.15, -0.1) is 0 Å². The molecule has 1 aliphatic rings. The summed E-state index contributed by atoms with van der Waals surface area (Å²) in [4.78, 5) is 9.05. The summed E-state index contributed by atoms with van der Waals surface area (Å²) in [6, 6.07) is -0.0697. The van der Waals surface area contributed by atoms with Crippen LogP contribution < -0.4 is 5.32 Å². The molecule has 4 nitrogen and oxygen atoms in total. The molecule has 2 rings (SSSR count). The van der Waals surface area contributed by atoms with E-state index < -0.39 is 12.7 Å². The van der Waals surface area contributed by atoms with E-state index in [1.165, 1.54) is 17.4 Å². The van der Waals surface area contributed by atoms with Crippen molar-refractivity contribution in [3.8, 4) is 0 Å². The second-order valence-corrected chi connectivity index (χ2v) is 4.61. The zero-order chi connectivity index (χ0) is 13.2. The van der Waals surface area contributed by atoms with Gasteiger partial charge in [0, 0.05) is 19.1 Å². The Labute approximate surface area is 107 Å². The molecule has 0 radical (unpaired) electrons. The van der Waals surface area contributed by atoms with Gasteiger partial charge in [-0.25, -0.2) is 9.97 Å². The third kappa shape index (κ3) is 3.71. The first-order chi connectivity index (χ1) is 8.44. The van der Waals surface area contributed by atoms with Crippen molar-refractivity contribution in [1.82, 2.24) is 14.9 Å². The van der Waals surface area contributed by atoms with E-state index in [2.05, 4.69) is 15.3 Å². The Morgan fingerprint density at radius 2 is 2.28 bits per heavy atom. The third-order valence-electron chi connectivity index (χ3n) is 2.68. The molecule has 1 fully saturated rings. The molecule has 18 heavy (non-hydrogen) atoms. The summed E-state index contributed by atoms with van der Waals surface area (Å²) in [6.07, 6.45) is -0.728.